The molecule has 0 radical (unpaired) electrons. The molecule has 2 saturated heterocycles. The molecule has 0 saturated carbocycles. The van der Waals surface area contributed by atoms with Gasteiger partial charge in [0.1, 0.15) is 0 Å². The molecule has 2 fully saturated rings. The lowest BCUT2D eigenvalue weighted by Crippen LogP contribution is -2.46. The number of fused-ring (bicyclic) bond motifs is 3. The summed E-state index contributed by atoms with van der Waals surface area (Å²) < 4.78 is 5.49. The molecule has 0 bridgehead atoms. The lowest BCUT2D eigenvalue weighted by Gasteiger charge is -2.22. The molecule has 14 heavy (non-hydrogen) atoms. The predicted octanol–water partition coefficient (Wildman–Crippen LogP) is -1.45. The maximum atomic E-state index is 11.4. The van der Waals surface area contributed by atoms with E-state index in [1.165, 1.54) is 0 Å². The third-order valence-corrected chi connectivity index (χ3v) is 2.98. The summed E-state index contributed by atoms with van der Waals surface area (Å²) in [4.78, 5) is 22.7. The monoisotopic (exact) mass is 194 g/mol. The van der Waals surface area contributed by atoms with Gasteiger partial charge in [0.2, 0.25) is 5.91 Å². The molecule has 5 heteroatoms. The van der Waals surface area contributed by atoms with E-state index in [1.807, 2.05) is 12.2 Å². The number of hydrogen-bond acceptors (Lipinski definition) is 4. The zero-order valence-electron chi connectivity index (χ0n) is 7.40. The quantitative estimate of drug-likeness (QED) is 0.366. The molecule has 74 valence electrons. The average Bonchev–Trinajstić information content (AvgIpc) is 2.66. The highest BCUT2D eigenvalue weighted by Gasteiger charge is 2.55. The number of carbonyl (C=O) groups is 2. The van der Waals surface area contributed by atoms with Crippen LogP contribution in [-0.2, 0) is 14.3 Å². The molecule has 3 rings (SSSR count). The highest BCUT2D eigenvalue weighted by Crippen LogP contribution is 2.32. The van der Waals surface area contributed by atoms with Crippen molar-refractivity contribution >= 4 is 11.8 Å². The van der Waals surface area contributed by atoms with Crippen molar-refractivity contribution in [3.63, 3.8) is 0 Å². The Morgan fingerprint density at radius 2 is 2.21 bits per heavy atom. The van der Waals surface area contributed by atoms with Crippen molar-refractivity contribution in [2.75, 3.05) is 6.54 Å². The summed E-state index contributed by atoms with van der Waals surface area (Å²) in [6, 6.07) is -0.0450. The van der Waals surface area contributed by atoms with Gasteiger partial charge >= 0.3 is 0 Å². The number of nitrogens with one attached hydrogen (secondary N) is 2. The summed E-state index contributed by atoms with van der Waals surface area (Å²) in [5, 5.41) is 5.46. The zero-order chi connectivity index (χ0) is 9.71. The minimum atomic E-state index is -0.590. The molecule has 3 aliphatic heterocycles. The van der Waals surface area contributed by atoms with Crippen molar-refractivity contribution in [3.05, 3.63) is 12.2 Å². The van der Waals surface area contributed by atoms with Crippen LogP contribution in [0, 0.1) is 5.92 Å². The van der Waals surface area contributed by atoms with E-state index in [-0.39, 0.29) is 29.9 Å². The second kappa shape index (κ2) is 2.65. The van der Waals surface area contributed by atoms with Gasteiger partial charge in [-0.25, -0.2) is 0 Å². The minimum Gasteiger partial charge on any atom is -0.359 e. The smallest absolute Gasteiger partial charge is 0.256 e. The van der Waals surface area contributed by atoms with Crippen LogP contribution in [0.1, 0.15) is 0 Å². The molecular weight excluding hydrogens is 184 g/mol. The number of imide groups is 1. The number of rotatable bonds is 0. The van der Waals surface area contributed by atoms with Gasteiger partial charge in [-0.15, -0.1) is 0 Å². The SMILES string of the molecule is O=C1NC(=O)C2C1OC1C=CCNC12. The number of ether oxygens (including phenoxy) is 1. The lowest BCUT2D eigenvalue weighted by molar-refractivity contribution is -0.130. The third kappa shape index (κ3) is 0.908. The van der Waals surface area contributed by atoms with E-state index in [0.29, 0.717) is 0 Å². The van der Waals surface area contributed by atoms with E-state index in [9.17, 15) is 9.59 Å². The van der Waals surface area contributed by atoms with Gasteiger partial charge in [-0.2, -0.15) is 0 Å². The van der Waals surface area contributed by atoms with Crippen LogP contribution >= 0.6 is 0 Å². The Kier molecular flexibility index (Phi) is 1.54. The maximum Gasteiger partial charge on any atom is 0.256 e. The van der Waals surface area contributed by atoms with Crippen molar-refractivity contribution in [3.8, 4) is 0 Å². The van der Waals surface area contributed by atoms with Gasteiger partial charge in [-0.1, -0.05) is 12.2 Å². The standard InChI is InChI=1S/C9H10N2O3/c12-8-5-6-4(2-1-3-10-6)14-7(5)9(13)11-8/h1-2,4-7,10H,3H2,(H,11,12,13). The van der Waals surface area contributed by atoms with Gasteiger partial charge in [0.15, 0.2) is 6.10 Å². The molecule has 4 atom stereocenters. The Hall–Kier alpha value is -1.20. The number of amides is 2. The first-order chi connectivity index (χ1) is 6.77. The van der Waals surface area contributed by atoms with Crippen molar-refractivity contribution in [1.29, 1.82) is 0 Å². The minimum absolute atomic E-state index is 0.0450. The van der Waals surface area contributed by atoms with E-state index >= 15 is 0 Å². The Balaban J connectivity index is 1.95. The van der Waals surface area contributed by atoms with E-state index < -0.39 is 6.10 Å². The first kappa shape index (κ1) is 8.14. The summed E-state index contributed by atoms with van der Waals surface area (Å²) in [5.74, 6) is -0.864. The summed E-state index contributed by atoms with van der Waals surface area (Å²) in [5.41, 5.74) is 0. The first-order valence-electron chi connectivity index (χ1n) is 4.67. The van der Waals surface area contributed by atoms with Gasteiger partial charge in [-0.3, -0.25) is 14.9 Å². The van der Waals surface area contributed by atoms with E-state index in [4.69, 9.17) is 4.74 Å². The third-order valence-electron chi connectivity index (χ3n) is 2.98. The summed E-state index contributed by atoms with van der Waals surface area (Å²) in [6.45, 7) is 0.731. The number of hydrogen-bond donors (Lipinski definition) is 2. The molecule has 0 aliphatic carbocycles. The topological polar surface area (TPSA) is 67.4 Å². The zero-order valence-corrected chi connectivity index (χ0v) is 7.40. The molecule has 0 spiro atoms. The van der Waals surface area contributed by atoms with Gasteiger partial charge in [0, 0.05) is 6.54 Å². The normalized spacial score (nSPS) is 44.9. The fourth-order valence-electron chi connectivity index (χ4n) is 2.35. The molecule has 2 N–H and O–H groups in total. The van der Waals surface area contributed by atoms with Gasteiger partial charge in [0.25, 0.3) is 5.91 Å². The summed E-state index contributed by atoms with van der Waals surface area (Å²) in [6.07, 6.45) is 3.14. The Morgan fingerprint density at radius 3 is 3.07 bits per heavy atom. The molecule has 3 heterocycles. The summed E-state index contributed by atoms with van der Waals surface area (Å²) in [7, 11) is 0. The molecule has 0 aromatic heterocycles. The van der Waals surface area contributed by atoms with Crippen molar-refractivity contribution < 1.29 is 14.3 Å². The van der Waals surface area contributed by atoms with Crippen molar-refractivity contribution in [2.45, 2.75) is 18.2 Å². The van der Waals surface area contributed by atoms with Crippen molar-refractivity contribution in [1.82, 2.24) is 10.6 Å². The molecule has 0 aromatic rings. The number of carbonyl (C=O) groups excluding carboxylic acids is 2. The Bertz CT molecular complexity index is 339. The largest absolute Gasteiger partial charge is 0.359 e. The van der Waals surface area contributed by atoms with Crippen LogP contribution < -0.4 is 10.6 Å². The summed E-state index contributed by atoms with van der Waals surface area (Å²) >= 11 is 0. The van der Waals surface area contributed by atoms with E-state index in [0.717, 1.165) is 6.54 Å². The van der Waals surface area contributed by atoms with Crippen LogP contribution in [0.4, 0.5) is 0 Å². The molecule has 4 unspecified atom stereocenters. The molecule has 0 aromatic carbocycles. The Morgan fingerprint density at radius 1 is 1.36 bits per heavy atom. The van der Waals surface area contributed by atoms with Crippen LogP contribution in [0.15, 0.2) is 12.2 Å². The molecular formula is C9H10N2O3. The van der Waals surface area contributed by atoms with Gasteiger partial charge in [-0.05, 0) is 0 Å². The van der Waals surface area contributed by atoms with Crippen LogP contribution in [0.3, 0.4) is 0 Å². The molecule has 3 aliphatic rings. The first-order valence-corrected chi connectivity index (χ1v) is 4.67. The van der Waals surface area contributed by atoms with E-state index in [1.54, 1.807) is 0 Å². The van der Waals surface area contributed by atoms with Gasteiger partial charge < -0.3 is 10.1 Å². The fraction of sp³-hybridized carbons (Fsp3) is 0.556. The molecule has 2 amide bonds. The molecule has 5 nitrogen and oxygen atoms in total. The highest BCUT2D eigenvalue weighted by molar-refractivity contribution is 6.07. The van der Waals surface area contributed by atoms with Crippen LogP contribution in [0.25, 0.3) is 0 Å². The van der Waals surface area contributed by atoms with Crippen LogP contribution in [-0.4, -0.2) is 36.6 Å². The predicted molar refractivity (Wildman–Crippen MR) is 46.2 cm³/mol. The second-order valence-electron chi connectivity index (χ2n) is 3.76. The van der Waals surface area contributed by atoms with E-state index in [2.05, 4.69) is 10.6 Å². The lowest BCUT2D eigenvalue weighted by atomic mass is 9.93. The Labute approximate surface area is 80.5 Å². The maximum absolute atomic E-state index is 11.4. The average molecular weight is 194 g/mol. The van der Waals surface area contributed by atoms with Crippen LogP contribution in [0.5, 0.6) is 0 Å². The second-order valence-corrected chi connectivity index (χ2v) is 3.76. The highest BCUT2D eigenvalue weighted by atomic mass is 16.5. The van der Waals surface area contributed by atoms with Gasteiger partial charge in [0.05, 0.1) is 18.1 Å². The fourth-order valence-corrected chi connectivity index (χ4v) is 2.35. The van der Waals surface area contributed by atoms with Crippen molar-refractivity contribution in [2.24, 2.45) is 5.92 Å². The van der Waals surface area contributed by atoms with Crippen LogP contribution in [0.2, 0.25) is 0 Å².